The molecule has 0 aliphatic rings. The summed E-state index contributed by atoms with van der Waals surface area (Å²) in [6.07, 6.45) is 6.17. The first-order valence-corrected chi connectivity index (χ1v) is 6.14. The first-order valence-electron chi connectivity index (χ1n) is 6.14. The fourth-order valence-electron chi connectivity index (χ4n) is 1.61. The number of benzene rings is 1. The van der Waals surface area contributed by atoms with Gasteiger partial charge in [-0.2, -0.15) is 0 Å². The van der Waals surface area contributed by atoms with Gasteiger partial charge in [-0.15, -0.1) is 0 Å². The Labute approximate surface area is 105 Å². The molecule has 0 spiro atoms. The number of allylic oxidation sites excluding steroid dienone is 3. The molecule has 0 amide bonds. The fraction of sp³-hybridized carbons (Fsp3) is 0.375. The highest BCUT2D eigenvalue weighted by Crippen LogP contribution is 2.23. The van der Waals surface area contributed by atoms with E-state index in [2.05, 4.69) is 62.5 Å². The van der Waals surface area contributed by atoms with E-state index in [-0.39, 0.29) is 5.41 Å². The van der Waals surface area contributed by atoms with Gasteiger partial charge in [0.15, 0.2) is 0 Å². The Balaban J connectivity index is 2.82. The highest BCUT2D eigenvalue weighted by atomic mass is 14.9. The largest absolute Gasteiger partial charge is 0.356 e. The molecule has 1 aromatic rings. The second-order valence-electron chi connectivity index (χ2n) is 5.20. The molecule has 1 nitrogen and oxygen atoms in total. The summed E-state index contributed by atoms with van der Waals surface area (Å²) >= 11 is 0. The van der Waals surface area contributed by atoms with Crippen LogP contribution in [0.15, 0.2) is 48.2 Å². The van der Waals surface area contributed by atoms with Gasteiger partial charge >= 0.3 is 0 Å². The molecule has 0 aliphatic heterocycles. The Hall–Kier alpha value is -1.50. The van der Waals surface area contributed by atoms with Crippen LogP contribution in [0, 0.1) is 0 Å². The summed E-state index contributed by atoms with van der Waals surface area (Å²) in [5, 5.41) is 3.38. The van der Waals surface area contributed by atoms with E-state index in [4.69, 9.17) is 0 Å². The van der Waals surface area contributed by atoms with Gasteiger partial charge in [-0.1, -0.05) is 45.1 Å². The predicted octanol–water partition coefficient (Wildman–Crippen LogP) is 4.88. The van der Waals surface area contributed by atoms with Crippen molar-refractivity contribution in [3.05, 3.63) is 53.8 Å². The van der Waals surface area contributed by atoms with Crippen LogP contribution in [0.4, 0.5) is 5.69 Å². The third kappa shape index (κ3) is 4.10. The molecule has 1 rings (SSSR count). The lowest BCUT2D eigenvalue weighted by Crippen LogP contribution is -2.10. The minimum absolute atomic E-state index is 0.214. The molecule has 92 valence electrons. The van der Waals surface area contributed by atoms with Crippen molar-refractivity contribution >= 4 is 5.69 Å². The zero-order valence-corrected chi connectivity index (χ0v) is 11.5. The van der Waals surface area contributed by atoms with E-state index < -0.39 is 0 Å². The van der Waals surface area contributed by atoms with Crippen LogP contribution < -0.4 is 5.32 Å². The van der Waals surface area contributed by atoms with Crippen molar-refractivity contribution in [1.29, 1.82) is 0 Å². The highest BCUT2D eigenvalue weighted by molar-refractivity contribution is 5.52. The van der Waals surface area contributed by atoms with Gasteiger partial charge in [-0.25, -0.2) is 0 Å². The van der Waals surface area contributed by atoms with E-state index in [1.807, 2.05) is 19.9 Å². The summed E-state index contributed by atoms with van der Waals surface area (Å²) in [6, 6.07) is 8.64. The van der Waals surface area contributed by atoms with Crippen molar-refractivity contribution in [3.63, 3.8) is 0 Å². The molecule has 0 saturated carbocycles. The topological polar surface area (TPSA) is 12.0 Å². The van der Waals surface area contributed by atoms with E-state index in [9.17, 15) is 0 Å². The molecule has 0 saturated heterocycles. The molecule has 1 N–H and O–H groups in total. The van der Waals surface area contributed by atoms with E-state index in [0.717, 1.165) is 11.4 Å². The van der Waals surface area contributed by atoms with Crippen LogP contribution in [0.5, 0.6) is 0 Å². The van der Waals surface area contributed by atoms with E-state index in [1.54, 1.807) is 0 Å². The Morgan fingerprint density at radius 2 is 1.65 bits per heavy atom. The van der Waals surface area contributed by atoms with E-state index in [0.29, 0.717) is 0 Å². The molecule has 0 radical (unpaired) electrons. The number of anilines is 1. The predicted molar refractivity (Wildman–Crippen MR) is 77.3 cm³/mol. The van der Waals surface area contributed by atoms with Gasteiger partial charge in [0.2, 0.25) is 0 Å². The van der Waals surface area contributed by atoms with Crippen LogP contribution in [0.2, 0.25) is 0 Å². The summed E-state index contributed by atoms with van der Waals surface area (Å²) in [5.74, 6) is 0. The van der Waals surface area contributed by atoms with Crippen molar-refractivity contribution < 1.29 is 0 Å². The van der Waals surface area contributed by atoms with Gasteiger partial charge in [0.25, 0.3) is 0 Å². The van der Waals surface area contributed by atoms with Crippen molar-refractivity contribution in [1.82, 2.24) is 0 Å². The molecule has 0 heterocycles. The zero-order valence-electron chi connectivity index (χ0n) is 11.5. The molecule has 1 heteroatoms. The van der Waals surface area contributed by atoms with Crippen molar-refractivity contribution in [2.24, 2.45) is 0 Å². The van der Waals surface area contributed by atoms with Crippen LogP contribution in [-0.4, -0.2) is 0 Å². The third-order valence-corrected chi connectivity index (χ3v) is 2.70. The molecule has 0 aliphatic carbocycles. The molecular formula is C16H23N. The molecule has 0 unspecified atom stereocenters. The summed E-state index contributed by atoms with van der Waals surface area (Å²) in [4.78, 5) is 0. The van der Waals surface area contributed by atoms with Crippen LogP contribution in [0.25, 0.3) is 0 Å². The Morgan fingerprint density at radius 3 is 2.06 bits per heavy atom. The second-order valence-corrected chi connectivity index (χ2v) is 5.20. The quantitative estimate of drug-likeness (QED) is 0.729. The fourth-order valence-corrected chi connectivity index (χ4v) is 1.61. The van der Waals surface area contributed by atoms with Gasteiger partial charge in [-0.3, -0.25) is 0 Å². The lowest BCUT2D eigenvalue weighted by atomic mass is 9.87. The monoisotopic (exact) mass is 229 g/mol. The lowest BCUT2D eigenvalue weighted by molar-refractivity contribution is 0.590. The number of hydrogen-bond donors (Lipinski definition) is 1. The first-order chi connectivity index (χ1) is 7.97. The van der Waals surface area contributed by atoms with Gasteiger partial charge < -0.3 is 5.32 Å². The normalized spacial score (nSPS) is 13.1. The van der Waals surface area contributed by atoms with Gasteiger partial charge in [-0.05, 0) is 43.0 Å². The average molecular weight is 229 g/mol. The van der Waals surface area contributed by atoms with Crippen LogP contribution in [0.1, 0.15) is 40.2 Å². The van der Waals surface area contributed by atoms with Gasteiger partial charge in [0, 0.05) is 11.4 Å². The Morgan fingerprint density at radius 1 is 1.06 bits per heavy atom. The standard InChI is InChI=1S/C16H23N/c1-6-8-14(7-2)17-15-11-9-13(10-12-15)16(3,4)5/h6-12,17H,1-5H3/b8-6-,14-7+. The summed E-state index contributed by atoms with van der Waals surface area (Å²) in [7, 11) is 0. The van der Waals surface area contributed by atoms with Crippen LogP contribution in [-0.2, 0) is 5.41 Å². The van der Waals surface area contributed by atoms with E-state index >= 15 is 0 Å². The Bertz CT molecular complexity index is 402. The van der Waals surface area contributed by atoms with Crippen LogP contribution in [0.3, 0.4) is 0 Å². The Kier molecular flexibility index (Phi) is 4.56. The molecule has 17 heavy (non-hydrogen) atoms. The zero-order chi connectivity index (χ0) is 12.9. The number of nitrogens with one attached hydrogen (secondary N) is 1. The molecule has 0 bridgehead atoms. The summed E-state index contributed by atoms with van der Waals surface area (Å²) in [5.41, 5.74) is 3.82. The third-order valence-electron chi connectivity index (χ3n) is 2.70. The molecule has 1 aromatic carbocycles. The average Bonchev–Trinajstić information content (AvgIpc) is 2.28. The smallest absolute Gasteiger partial charge is 0.0384 e. The lowest BCUT2D eigenvalue weighted by Gasteiger charge is -2.19. The maximum Gasteiger partial charge on any atom is 0.0384 e. The van der Waals surface area contributed by atoms with Crippen LogP contribution >= 0.6 is 0 Å². The first kappa shape index (κ1) is 13.6. The molecule has 0 fully saturated rings. The highest BCUT2D eigenvalue weighted by Gasteiger charge is 2.12. The summed E-state index contributed by atoms with van der Waals surface area (Å²) < 4.78 is 0. The minimum Gasteiger partial charge on any atom is -0.356 e. The van der Waals surface area contributed by atoms with Crippen molar-refractivity contribution in [3.8, 4) is 0 Å². The van der Waals surface area contributed by atoms with Crippen molar-refractivity contribution in [2.45, 2.75) is 40.0 Å². The van der Waals surface area contributed by atoms with Gasteiger partial charge in [0.05, 0.1) is 0 Å². The molecule has 0 aromatic heterocycles. The number of hydrogen-bond acceptors (Lipinski definition) is 1. The number of rotatable bonds is 3. The maximum absolute atomic E-state index is 3.38. The van der Waals surface area contributed by atoms with Crippen molar-refractivity contribution in [2.75, 3.05) is 5.32 Å². The molecular weight excluding hydrogens is 206 g/mol. The minimum atomic E-state index is 0.214. The maximum atomic E-state index is 3.38. The van der Waals surface area contributed by atoms with E-state index in [1.165, 1.54) is 5.56 Å². The second kappa shape index (κ2) is 5.72. The van der Waals surface area contributed by atoms with Gasteiger partial charge in [0.1, 0.15) is 0 Å². The molecule has 0 atom stereocenters. The summed E-state index contributed by atoms with van der Waals surface area (Å²) in [6.45, 7) is 10.7. The SMILES string of the molecule is C/C=C\C(=C/C)Nc1ccc(C(C)(C)C)cc1.